The number of rotatable bonds is 7. The highest BCUT2D eigenvalue weighted by Crippen LogP contribution is 2.26. The van der Waals surface area contributed by atoms with Crippen molar-refractivity contribution in [3.63, 3.8) is 0 Å². The second kappa shape index (κ2) is 7.47. The van der Waals surface area contributed by atoms with Gasteiger partial charge in [-0.2, -0.15) is 0 Å². The number of nitrogens with one attached hydrogen (secondary N) is 1. The van der Waals surface area contributed by atoms with Gasteiger partial charge < -0.3 is 15.0 Å². The lowest BCUT2D eigenvalue weighted by Crippen LogP contribution is -2.19. The van der Waals surface area contributed by atoms with E-state index in [1.54, 1.807) is 13.4 Å². The number of anilines is 3. The molecule has 0 fully saturated rings. The van der Waals surface area contributed by atoms with Crippen molar-refractivity contribution >= 4 is 17.3 Å². The lowest BCUT2D eigenvalue weighted by molar-refractivity contribution is 0.417. The van der Waals surface area contributed by atoms with Crippen LogP contribution in [0.5, 0.6) is 5.75 Å². The van der Waals surface area contributed by atoms with Crippen LogP contribution in [0.4, 0.5) is 17.3 Å². The summed E-state index contributed by atoms with van der Waals surface area (Å²) >= 11 is 0. The van der Waals surface area contributed by atoms with Gasteiger partial charge >= 0.3 is 0 Å². The van der Waals surface area contributed by atoms with Crippen molar-refractivity contribution in [2.24, 2.45) is 0 Å². The van der Waals surface area contributed by atoms with Gasteiger partial charge in [0.15, 0.2) is 0 Å². The minimum Gasteiger partial charge on any atom is -0.495 e. The second-order valence-corrected chi connectivity index (χ2v) is 4.86. The molecule has 0 amide bonds. The summed E-state index contributed by atoms with van der Waals surface area (Å²) in [6.45, 7) is 3.17. The maximum absolute atomic E-state index is 5.33. The first-order valence-electron chi connectivity index (χ1n) is 7.17. The summed E-state index contributed by atoms with van der Waals surface area (Å²) in [5.41, 5.74) is 0.890. The van der Waals surface area contributed by atoms with E-state index in [1.807, 2.05) is 37.4 Å². The van der Waals surface area contributed by atoms with Crippen molar-refractivity contribution in [3.8, 4) is 5.75 Å². The van der Waals surface area contributed by atoms with Crippen LogP contribution in [0.25, 0.3) is 0 Å². The summed E-state index contributed by atoms with van der Waals surface area (Å²) in [6.07, 6.45) is 3.90. The van der Waals surface area contributed by atoms with Crippen molar-refractivity contribution in [2.75, 3.05) is 30.9 Å². The molecule has 0 aliphatic rings. The molecule has 0 spiro atoms. The number of para-hydroxylation sites is 2. The molecule has 112 valence electrons. The van der Waals surface area contributed by atoms with E-state index < -0.39 is 0 Å². The van der Waals surface area contributed by atoms with Crippen molar-refractivity contribution in [2.45, 2.75) is 19.8 Å². The Hall–Kier alpha value is -2.30. The average Bonchev–Trinajstić information content (AvgIpc) is 2.53. The molecule has 0 saturated heterocycles. The van der Waals surface area contributed by atoms with Crippen molar-refractivity contribution < 1.29 is 4.74 Å². The maximum atomic E-state index is 5.33. The van der Waals surface area contributed by atoms with Gasteiger partial charge in [0, 0.05) is 19.7 Å². The fourth-order valence-electron chi connectivity index (χ4n) is 2.02. The third-order valence-electron chi connectivity index (χ3n) is 3.26. The molecule has 0 aliphatic carbocycles. The zero-order valence-corrected chi connectivity index (χ0v) is 12.8. The highest BCUT2D eigenvalue weighted by Gasteiger charge is 2.06. The molecule has 0 bridgehead atoms. The molecule has 1 heterocycles. The van der Waals surface area contributed by atoms with Crippen LogP contribution in [0.1, 0.15) is 19.8 Å². The van der Waals surface area contributed by atoms with Crippen LogP contribution in [0.15, 0.2) is 36.7 Å². The van der Waals surface area contributed by atoms with Crippen LogP contribution < -0.4 is 15.0 Å². The Morgan fingerprint density at radius 1 is 1.24 bits per heavy atom. The van der Waals surface area contributed by atoms with Crippen molar-refractivity contribution in [1.29, 1.82) is 0 Å². The van der Waals surface area contributed by atoms with E-state index in [2.05, 4.69) is 27.1 Å². The first-order chi connectivity index (χ1) is 10.2. The molecule has 0 radical (unpaired) electrons. The summed E-state index contributed by atoms with van der Waals surface area (Å²) < 4.78 is 5.33. The molecule has 0 aliphatic heterocycles. The van der Waals surface area contributed by atoms with E-state index in [0.717, 1.165) is 36.0 Å². The first kappa shape index (κ1) is 15.1. The van der Waals surface area contributed by atoms with E-state index in [4.69, 9.17) is 4.74 Å². The van der Waals surface area contributed by atoms with Gasteiger partial charge in [0.05, 0.1) is 12.8 Å². The minimum atomic E-state index is 0.757. The largest absolute Gasteiger partial charge is 0.495 e. The lowest BCUT2D eigenvalue weighted by atomic mass is 10.3. The molecular weight excluding hydrogens is 264 g/mol. The number of methoxy groups -OCH3 is 1. The molecule has 2 aromatic rings. The van der Waals surface area contributed by atoms with Gasteiger partial charge in [-0.1, -0.05) is 25.5 Å². The molecule has 5 heteroatoms. The van der Waals surface area contributed by atoms with Crippen molar-refractivity contribution in [1.82, 2.24) is 9.97 Å². The Kier molecular flexibility index (Phi) is 5.37. The van der Waals surface area contributed by atoms with Crippen molar-refractivity contribution in [3.05, 3.63) is 36.7 Å². The SMILES string of the molecule is CCCCN(C)c1cc(Nc2ccccc2OC)ncn1. The number of nitrogens with zero attached hydrogens (tertiary/aromatic N) is 3. The van der Waals surface area contributed by atoms with Crippen LogP contribution in [-0.2, 0) is 0 Å². The number of aromatic nitrogens is 2. The molecule has 21 heavy (non-hydrogen) atoms. The van der Waals surface area contributed by atoms with Gasteiger partial charge in [-0.25, -0.2) is 9.97 Å². The first-order valence-corrected chi connectivity index (χ1v) is 7.17. The minimum absolute atomic E-state index is 0.757. The average molecular weight is 286 g/mol. The second-order valence-electron chi connectivity index (χ2n) is 4.86. The number of hydrogen-bond acceptors (Lipinski definition) is 5. The fraction of sp³-hybridized carbons (Fsp3) is 0.375. The van der Waals surface area contributed by atoms with E-state index in [1.165, 1.54) is 6.42 Å². The maximum Gasteiger partial charge on any atom is 0.142 e. The van der Waals surface area contributed by atoms with Crippen LogP contribution in [0, 0.1) is 0 Å². The summed E-state index contributed by atoms with van der Waals surface area (Å²) in [5, 5.41) is 3.27. The molecule has 2 rings (SSSR count). The van der Waals surface area contributed by atoms with Crippen LogP contribution in [0.3, 0.4) is 0 Å². The topological polar surface area (TPSA) is 50.3 Å². The van der Waals surface area contributed by atoms with E-state index in [9.17, 15) is 0 Å². The van der Waals surface area contributed by atoms with E-state index >= 15 is 0 Å². The Balaban J connectivity index is 2.14. The third-order valence-corrected chi connectivity index (χ3v) is 3.26. The summed E-state index contributed by atoms with van der Waals surface area (Å²) in [4.78, 5) is 10.7. The van der Waals surface area contributed by atoms with Gasteiger partial charge in [0.25, 0.3) is 0 Å². The van der Waals surface area contributed by atoms with Gasteiger partial charge in [0.1, 0.15) is 23.7 Å². The molecule has 0 atom stereocenters. The molecule has 1 aromatic carbocycles. The Morgan fingerprint density at radius 2 is 2.05 bits per heavy atom. The number of ether oxygens (including phenoxy) is 1. The predicted octanol–water partition coefficient (Wildman–Crippen LogP) is 3.47. The molecular formula is C16H22N4O. The standard InChI is InChI=1S/C16H22N4O/c1-4-5-10-20(2)16-11-15(17-12-18-16)19-13-8-6-7-9-14(13)21-3/h6-9,11-12H,4-5,10H2,1-3H3,(H,17,18,19). The van der Waals surface area contributed by atoms with Gasteiger partial charge in [-0.3, -0.25) is 0 Å². The molecule has 1 aromatic heterocycles. The summed E-state index contributed by atoms with van der Waals surface area (Å²) in [7, 11) is 3.70. The predicted molar refractivity (Wildman–Crippen MR) is 86.5 cm³/mol. The number of benzene rings is 1. The normalized spacial score (nSPS) is 10.2. The molecule has 0 saturated carbocycles. The molecule has 0 unspecified atom stereocenters. The smallest absolute Gasteiger partial charge is 0.142 e. The Bertz CT molecular complexity index is 574. The highest BCUT2D eigenvalue weighted by atomic mass is 16.5. The van der Waals surface area contributed by atoms with Crippen LogP contribution in [0.2, 0.25) is 0 Å². The van der Waals surface area contributed by atoms with E-state index in [-0.39, 0.29) is 0 Å². The fourth-order valence-corrected chi connectivity index (χ4v) is 2.02. The number of hydrogen-bond donors (Lipinski definition) is 1. The molecule has 1 N–H and O–H groups in total. The van der Waals surface area contributed by atoms with Crippen LogP contribution in [-0.4, -0.2) is 30.7 Å². The lowest BCUT2D eigenvalue weighted by Gasteiger charge is -2.18. The summed E-state index contributed by atoms with van der Waals surface area (Å²) in [6, 6.07) is 9.72. The summed E-state index contributed by atoms with van der Waals surface area (Å²) in [5.74, 6) is 2.46. The monoisotopic (exact) mass is 286 g/mol. The third kappa shape index (κ3) is 4.08. The van der Waals surface area contributed by atoms with Gasteiger partial charge in [-0.05, 0) is 18.6 Å². The molecule has 5 nitrogen and oxygen atoms in total. The zero-order chi connectivity index (χ0) is 15.1. The Morgan fingerprint density at radius 3 is 2.81 bits per heavy atom. The van der Waals surface area contributed by atoms with Gasteiger partial charge in [0.2, 0.25) is 0 Å². The zero-order valence-electron chi connectivity index (χ0n) is 12.8. The highest BCUT2D eigenvalue weighted by molar-refractivity contribution is 5.65. The quantitative estimate of drug-likeness (QED) is 0.844. The van der Waals surface area contributed by atoms with E-state index in [0.29, 0.717) is 0 Å². The number of unbranched alkanes of at least 4 members (excludes halogenated alkanes) is 1. The Labute approximate surface area is 126 Å². The van der Waals surface area contributed by atoms with Gasteiger partial charge in [-0.15, -0.1) is 0 Å². The van der Waals surface area contributed by atoms with Crippen LogP contribution >= 0.6 is 0 Å².